The zero-order valence-electron chi connectivity index (χ0n) is 12.8. The molecule has 0 aromatic heterocycles. The molecule has 0 N–H and O–H groups in total. The van der Waals surface area contributed by atoms with Crippen molar-refractivity contribution in [3.05, 3.63) is 15.0 Å². The molecule has 1 rings (SSSR count). The standard InChI is InChI=1S/C15H22Br2O3/c1-8(2)18-12-7-11(16)13(17)15(20-10(5)6)14(12)19-9(3)4/h7-10H,1-6H3. The van der Waals surface area contributed by atoms with Crippen molar-refractivity contribution in [3.8, 4) is 17.2 Å². The van der Waals surface area contributed by atoms with Crippen LogP contribution in [0, 0.1) is 0 Å². The monoisotopic (exact) mass is 408 g/mol. The van der Waals surface area contributed by atoms with Gasteiger partial charge in [-0.05, 0) is 79.5 Å². The van der Waals surface area contributed by atoms with Crippen LogP contribution in [0.2, 0.25) is 0 Å². The first-order valence-electron chi connectivity index (χ1n) is 6.74. The molecule has 0 unspecified atom stereocenters. The lowest BCUT2D eigenvalue weighted by molar-refractivity contribution is 0.175. The number of ether oxygens (including phenoxy) is 3. The second kappa shape index (κ2) is 7.55. The molecule has 1 aromatic rings. The van der Waals surface area contributed by atoms with Crippen molar-refractivity contribution in [3.63, 3.8) is 0 Å². The highest BCUT2D eigenvalue weighted by Crippen LogP contribution is 2.48. The van der Waals surface area contributed by atoms with E-state index in [9.17, 15) is 0 Å². The second-order valence-corrected chi connectivity index (χ2v) is 6.98. The summed E-state index contributed by atoms with van der Waals surface area (Å²) in [7, 11) is 0. The summed E-state index contributed by atoms with van der Waals surface area (Å²) in [5, 5.41) is 0. The SMILES string of the molecule is CC(C)Oc1cc(Br)c(Br)c(OC(C)C)c1OC(C)C. The maximum Gasteiger partial charge on any atom is 0.205 e. The third kappa shape index (κ3) is 4.85. The number of benzene rings is 1. The molecule has 0 heterocycles. The Bertz CT molecular complexity index is 457. The van der Waals surface area contributed by atoms with Gasteiger partial charge in [0, 0.05) is 4.47 Å². The Labute approximate surface area is 138 Å². The minimum atomic E-state index is 0.0344. The Morgan fingerprint density at radius 3 is 1.65 bits per heavy atom. The zero-order chi connectivity index (χ0) is 15.4. The minimum absolute atomic E-state index is 0.0344. The fourth-order valence-electron chi connectivity index (χ4n) is 1.59. The van der Waals surface area contributed by atoms with E-state index in [1.165, 1.54) is 0 Å². The Morgan fingerprint density at radius 1 is 0.750 bits per heavy atom. The molecule has 20 heavy (non-hydrogen) atoms. The Kier molecular flexibility index (Phi) is 6.65. The van der Waals surface area contributed by atoms with Gasteiger partial charge in [-0.25, -0.2) is 0 Å². The summed E-state index contributed by atoms with van der Waals surface area (Å²) in [6.45, 7) is 11.9. The van der Waals surface area contributed by atoms with Gasteiger partial charge in [0.05, 0.1) is 22.8 Å². The van der Waals surface area contributed by atoms with Gasteiger partial charge >= 0.3 is 0 Å². The minimum Gasteiger partial charge on any atom is -0.487 e. The van der Waals surface area contributed by atoms with E-state index in [-0.39, 0.29) is 18.3 Å². The van der Waals surface area contributed by atoms with Crippen LogP contribution >= 0.6 is 31.9 Å². The van der Waals surface area contributed by atoms with Crippen LogP contribution in [-0.4, -0.2) is 18.3 Å². The van der Waals surface area contributed by atoms with Crippen LogP contribution in [0.5, 0.6) is 17.2 Å². The smallest absolute Gasteiger partial charge is 0.205 e. The van der Waals surface area contributed by atoms with E-state index in [1.807, 2.05) is 47.6 Å². The van der Waals surface area contributed by atoms with E-state index in [2.05, 4.69) is 31.9 Å². The molecule has 114 valence electrons. The summed E-state index contributed by atoms with van der Waals surface area (Å²) in [4.78, 5) is 0. The van der Waals surface area contributed by atoms with Crippen molar-refractivity contribution < 1.29 is 14.2 Å². The van der Waals surface area contributed by atoms with Crippen molar-refractivity contribution in [1.29, 1.82) is 0 Å². The van der Waals surface area contributed by atoms with Gasteiger partial charge < -0.3 is 14.2 Å². The predicted molar refractivity (Wildman–Crippen MR) is 89.1 cm³/mol. The number of hydrogen-bond donors (Lipinski definition) is 0. The molecule has 0 bridgehead atoms. The molecule has 0 fully saturated rings. The lowest BCUT2D eigenvalue weighted by atomic mass is 10.2. The first-order chi connectivity index (χ1) is 9.22. The lowest BCUT2D eigenvalue weighted by Crippen LogP contribution is -2.14. The van der Waals surface area contributed by atoms with Crippen molar-refractivity contribution in [1.82, 2.24) is 0 Å². The highest BCUT2D eigenvalue weighted by molar-refractivity contribution is 9.13. The highest BCUT2D eigenvalue weighted by Gasteiger charge is 2.22. The van der Waals surface area contributed by atoms with Crippen molar-refractivity contribution >= 4 is 31.9 Å². The molecule has 0 radical (unpaired) electrons. The summed E-state index contributed by atoms with van der Waals surface area (Å²) in [6, 6.07) is 1.90. The van der Waals surface area contributed by atoms with Crippen LogP contribution in [0.25, 0.3) is 0 Å². The lowest BCUT2D eigenvalue weighted by Gasteiger charge is -2.23. The van der Waals surface area contributed by atoms with Gasteiger partial charge in [0.25, 0.3) is 0 Å². The maximum absolute atomic E-state index is 5.91. The van der Waals surface area contributed by atoms with Gasteiger partial charge in [-0.2, -0.15) is 0 Å². The summed E-state index contributed by atoms with van der Waals surface area (Å²) in [6.07, 6.45) is 0.138. The quantitative estimate of drug-likeness (QED) is 0.614. The molecule has 5 heteroatoms. The number of hydrogen-bond acceptors (Lipinski definition) is 3. The molecule has 3 nitrogen and oxygen atoms in total. The second-order valence-electron chi connectivity index (χ2n) is 5.33. The van der Waals surface area contributed by atoms with Gasteiger partial charge in [0.1, 0.15) is 0 Å². The average molecular weight is 410 g/mol. The maximum atomic E-state index is 5.91. The first-order valence-corrected chi connectivity index (χ1v) is 8.32. The third-order valence-corrected chi connectivity index (χ3v) is 4.11. The molecule has 0 aliphatic heterocycles. The van der Waals surface area contributed by atoms with Crippen molar-refractivity contribution in [2.24, 2.45) is 0 Å². The van der Waals surface area contributed by atoms with E-state index >= 15 is 0 Å². The van der Waals surface area contributed by atoms with Gasteiger partial charge in [-0.3, -0.25) is 0 Å². The first kappa shape index (κ1) is 17.6. The normalized spacial score (nSPS) is 11.3. The molecule has 0 saturated carbocycles. The molecule has 0 amide bonds. The van der Waals surface area contributed by atoms with Crippen LogP contribution in [0.4, 0.5) is 0 Å². The van der Waals surface area contributed by atoms with E-state index in [0.29, 0.717) is 17.2 Å². The van der Waals surface area contributed by atoms with E-state index in [0.717, 1.165) is 8.95 Å². The van der Waals surface area contributed by atoms with Gasteiger partial charge in [0.15, 0.2) is 11.5 Å². The summed E-state index contributed by atoms with van der Waals surface area (Å²) < 4.78 is 19.4. The summed E-state index contributed by atoms with van der Waals surface area (Å²) in [5.74, 6) is 1.98. The van der Waals surface area contributed by atoms with Crippen LogP contribution in [0.3, 0.4) is 0 Å². The zero-order valence-corrected chi connectivity index (χ0v) is 16.0. The van der Waals surface area contributed by atoms with Crippen LogP contribution in [-0.2, 0) is 0 Å². The molecule has 0 atom stereocenters. The molecule has 0 aliphatic carbocycles. The topological polar surface area (TPSA) is 27.7 Å². The van der Waals surface area contributed by atoms with Crippen LogP contribution in [0.15, 0.2) is 15.0 Å². The van der Waals surface area contributed by atoms with Crippen molar-refractivity contribution in [2.45, 2.75) is 59.9 Å². The third-order valence-electron chi connectivity index (χ3n) is 2.17. The van der Waals surface area contributed by atoms with E-state index < -0.39 is 0 Å². The largest absolute Gasteiger partial charge is 0.487 e. The van der Waals surface area contributed by atoms with Crippen LogP contribution in [0.1, 0.15) is 41.5 Å². The number of rotatable bonds is 6. The fourth-order valence-corrected chi connectivity index (χ4v) is 2.37. The summed E-state index contributed by atoms with van der Waals surface area (Å²) >= 11 is 7.06. The van der Waals surface area contributed by atoms with Gasteiger partial charge in [0.2, 0.25) is 5.75 Å². The molecule has 0 spiro atoms. The van der Waals surface area contributed by atoms with E-state index in [1.54, 1.807) is 0 Å². The van der Waals surface area contributed by atoms with Gasteiger partial charge in [-0.1, -0.05) is 0 Å². The Morgan fingerprint density at radius 2 is 1.20 bits per heavy atom. The molecule has 0 aliphatic rings. The molecule has 1 aromatic carbocycles. The highest BCUT2D eigenvalue weighted by atomic mass is 79.9. The number of halogens is 2. The van der Waals surface area contributed by atoms with Gasteiger partial charge in [-0.15, -0.1) is 0 Å². The van der Waals surface area contributed by atoms with Crippen LogP contribution < -0.4 is 14.2 Å². The van der Waals surface area contributed by atoms with E-state index in [4.69, 9.17) is 14.2 Å². The Balaban J connectivity index is 3.38. The predicted octanol–water partition coefficient (Wildman–Crippen LogP) is 5.57. The fraction of sp³-hybridized carbons (Fsp3) is 0.600. The molecular weight excluding hydrogens is 388 g/mol. The molecular formula is C15H22Br2O3. The van der Waals surface area contributed by atoms with Crippen molar-refractivity contribution in [2.75, 3.05) is 0 Å². The Hall–Kier alpha value is -0.420. The average Bonchev–Trinajstić information content (AvgIpc) is 2.28. The summed E-state index contributed by atoms with van der Waals surface area (Å²) in [5.41, 5.74) is 0. The molecule has 0 saturated heterocycles.